The molecular formula is C115H116Ir5N5O10S-5. The number of hydrogen-bond donors (Lipinski definition) is 5. The third-order valence-corrected chi connectivity index (χ3v) is 19.8. The first-order valence-electron chi connectivity index (χ1n) is 42.8. The smallest absolute Gasteiger partial charge is 0.155 e. The van der Waals surface area contributed by atoms with Crippen LogP contribution >= 0.6 is 11.3 Å². The van der Waals surface area contributed by atoms with Gasteiger partial charge in [-0.05, 0) is 198 Å². The Bertz CT molecular complexity index is 6620. The van der Waals surface area contributed by atoms with Gasteiger partial charge in [-0.2, -0.15) is 0 Å². The molecule has 717 valence electrons. The molecule has 0 saturated carbocycles. The zero-order valence-corrected chi connectivity index (χ0v) is 93.1. The van der Waals surface area contributed by atoms with E-state index in [9.17, 15) is 24.0 Å². The second-order valence-corrected chi connectivity index (χ2v) is 33.4. The molecule has 0 aliphatic rings. The topological polar surface area (TPSA) is 251 Å². The Balaban J connectivity index is 0.000000525. The summed E-state index contributed by atoms with van der Waals surface area (Å²) in [6, 6.07) is 98.4. The first-order chi connectivity index (χ1) is 62.1. The fraction of sp³-hybridized carbons (Fsp3) is 0.200. The average molecular weight is 2720 g/mol. The van der Waals surface area contributed by atoms with Crippen LogP contribution in [0.5, 0.6) is 0 Å². The molecule has 0 spiro atoms. The molecule has 0 atom stereocenters. The summed E-state index contributed by atoms with van der Waals surface area (Å²) >= 11 is 1.81. The van der Waals surface area contributed by atoms with E-state index in [4.69, 9.17) is 45.5 Å². The fourth-order valence-electron chi connectivity index (χ4n) is 13.7. The Morgan fingerprint density at radius 3 is 1.16 bits per heavy atom. The van der Waals surface area contributed by atoms with E-state index in [2.05, 4.69) is 281 Å². The molecule has 21 heteroatoms. The van der Waals surface area contributed by atoms with Crippen molar-refractivity contribution in [2.45, 2.75) is 152 Å². The number of hydrogen-bond acceptors (Lipinski definition) is 16. The number of benzene rings is 10. The molecule has 0 amide bonds. The van der Waals surface area contributed by atoms with Crippen molar-refractivity contribution in [2.75, 3.05) is 0 Å². The van der Waals surface area contributed by atoms with Gasteiger partial charge >= 0.3 is 0 Å². The second kappa shape index (κ2) is 60.9. The van der Waals surface area contributed by atoms with Gasteiger partial charge in [-0.3, -0.25) is 43.9 Å². The number of fused-ring (bicyclic) bond motifs is 7. The average Bonchev–Trinajstić information content (AvgIpc) is 1.62. The zero-order valence-electron chi connectivity index (χ0n) is 80.4. The Hall–Kier alpha value is -11.5. The van der Waals surface area contributed by atoms with E-state index in [0.717, 1.165) is 101 Å². The quantitative estimate of drug-likeness (QED) is 0.0433. The van der Waals surface area contributed by atoms with Crippen LogP contribution in [0.4, 0.5) is 0 Å². The van der Waals surface area contributed by atoms with Crippen molar-refractivity contribution in [3.8, 4) is 56.3 Å². The Labute approximate surface area is 872 Å². The van der Waals surface area contributed by atoms with E-state index in [1.807, 2.05) is 84.3 Å². The number of carbonyl (C=O) groups excluding carboxylic acids is 5. The molecule has 6 heterocycles. The number of ketones is 5. The third-order valence-electron chi connectivity index (χ3n) is 18.6. The number of pyridine rings is 5. The minimum atomic E-state index is -0.125. The molecule has 0 aliphatic heterocycles. The van der Waals surface area contributed by atoms with Crippen molar-refractivity contribution in [1.82, 2.24) is 24.9 Å². The predicted octanol–water partition coefficient (Wildman–Crippen LogP) is 28.9. The molecule has 0 saturated heterocycles. The van der Waals surface area contributed by atoms with Gasteiger partial charge in [-0.15, -0.1) is 187 Å². The first-order valence-corrected chi connectivity index (χ1v) is 43.6. The third kappa shape index (κ3) is 42.4. The summed E-state index contributed by atoms with van der Waals surface area (Å²) in [6.45, 7) is 37.6. The Morgan fingerprint density at radius 2 is 0.713 bits per heavy atom. The van der Waals surface area contributed by atoms with Crippen LogP contribution in [-0.4, -0.2) is 79.4 Å². The van der Waals surface area contributed by atoms with Crippen molar-refractivity contribution in [3.63, 3.8) is 0 Å². The van der Waals surface area contributed by atoms with Gasteiger partial charge in [0, 0.05) is 152 Å². The molecule has 0 aliphatic carbocycles. The number of nitrogens with zero attached hydrogens (tertiary/aromatic N) is 5. The predicted molar refractivity (Wildman–Crippen MR) is 542 cm³/mol. The minimum Gasteiger partial charge on any atom is -0.512 e. The molecule has 0 unspecified atom stereocenters. The summed E-state index contributed by atoms with van der Waals surface area (Å²) < 4.78 is 2.56. The maximum absolute atomic E-state index is 10.0. The van der Waals surface area contributed by atoms with Crippen molar-refractivity contribution in [1.29, 1.82) is 0 Å². The molecule has 16 aromatic rings. The van der Waals surface area contributed by atoms with E-state index in [1.54, 1.807) is 0 Å². The van der Waals surface area contributed by atoms with Crippen molar-refractivity contribution in [2.24, 2.45) is 5.92 Å². The molecule has 136 heavy (non-hydrogen) atoms. The number of aliphatic hydroxyl groups excluding tert-OH is 5. The van der Waals surface area contributed by atoms with Crippen LogP contribution in [0.3, 0.4) is 0 Å². The van der Waals surface area contributed by atoms with Gasteiger partial charge in [-0.1, -0.05) is 189 Å². The molecular weight excluding hydrogens is 2600 g/mol. The molecule has 15 nitrogen and oxygen atoms in total. The van der Waals surface area contributed by atoms with Gasteiger partial charge in [0.15, 0.2) is 28.9 Å². The van der Waals surface area contributed by atoms with Gasteiger partial charge in [0.25, 0.3) is 0 Å². The molecule has 6 aromatic heterocycles. The summed E-state index contributed by atoms with van der Waals surface area (Å²) in [6.07, 6.45) is 8.83. The summed E-state index contributed by atoms with van der Waals surface area (Å²) in [7, 11) is 0. The standard InChI is InChI=1S/C21H22N.C19H14NS.2C17H14N.C16H12N.5C5H8O2.5Ir/c1-14(2)9-17-5-6-18-7-8-20(22-21(18)13-17)19-11-15(3)10-16(4)12-19;1-12-9-13(2)11-14(10-12)18-19-16(7-8-20-18)15-5-3-4-6-17(15)21-19;1-12-4-3-5-15(10-12)16-9-8-14-7-6-13(2)11-17(14)18-16;1-12-9-13(2)11-15(10-12)17-8-7-14-5-3-4-6-16(14)18-17;1-12-11-14-9-5-6-10-15(14)17-16(12)13-7-3-2-4-8-13;5*1-4(6)3-5(2)7;;;;;/h5-8,10-11,13-14H,9H2,1-4H3;3-10H,1-2H3;3-4,6-11H,1-2H3;3-10H,1-2H3;2-7,9-11H,1H3;5*3,6H,1-2H3;;;;;/q5*-1;;;;;;;;;;. The monoisotopic (exact) mass is 2720 g/mol. The largest absolute Gasteiger partial charge is 0.512 e. The van der Waals surface area contributed by atoms with Gasteiger partial charge in [-0.25, -0.2) is 0 Å². The van der Waals surface area contributed by atoms with E-state index in [1.165, 1.54) is 180 Å². The SMILES string of the molecule is CC(=O)C=C(C)O.CC(=O)C=C(C)O.CC(=O)C=C(C)O.CC(=O)C=C(C)O.CC(=O)C=C(C)O.Cc1[c-]c(-c2ccc3ccc(CC(C)C)cc3n2)cc(C)c1.Cc1[c-]c(-c2ccc3ccccc3n2)cc(C)c1.Cc1[c-]c(-c2nccc3c2sc2ccccc23)cc(C)c1.Cc1cc2ccccc2nc1-c1[c-]cccc1.Cc1cc[c-]c(-c2ccc3ccc(C)cc3n2)c1.[Ir].[Ir].[Ir].[Ir].[Ir]. The number of rotatable bonds is 12. The molecule has 0 bridgehead atoms. The van der Waals surface area contributed by atoms with Gasteiger partial charge in [0.05, 0.1) is 50.9 Å². The van der Waals surface area contributed by atoms with Gasteiger partial charge in [0.1, 0.15) is 0 Å². The van der Waals surface area contributed by atoms with Crippen LogP contribution in [0.25, 0.3) is 120 Å². The fourth-order valence-corrected chi connectivity index (χ4v) is 14.9. The maximum atomic E-state index is 10.0. The van der Waals surface area contributed by atoms with Crippen molar-refractivity contribution < 1.29 is 150 Å². The normalized spacial score (nSPS) is 10.7. The first kappa shape index (κ1) is 121. The molecule has 16 rings (SSSR count). The maximum Gasteiger partial charge on any atom is 0.155 e. The summed E-state index contributed by atoms with van der Waals surface area (Å²) in [4.78, 5) is 73.7. The van der Waals surface area contributed by atoms with Gasteiger partial charge in [0.2, 0.25) is 0 Å². The van der Waals surface area contributed by atoms with Crippen LogP contribution in [0.15, 0.2) is 302 Å². The molecule has 5 radical (unpaired) electrons. The zero-order chi connectivity index (χ0) is 96.1. The second-order valence-electron chi connectivity index (χ2n) is 32.4. The van der Waals surface area contributed by atoms with E-state index in [-0.39, 0.29) is 158 Å². The van der Waals surface area contributed by atoms with Crippen molar-refractivity contribution in [3.05, 3.63) is 388 Å². The molecule has 5 N–H and O–H groups in total. The molecule has 10 aromatic carbocycles. The number of para-hydroxylation sites is 2. The van der Waals surface area contributed by atoms with Gasteiger partial charge < -0.3 is 30.5 Å². The van der Waals surface area contributed by atoms with Crippen LogP contribution in [0.2, 0.25) is 0 Å². The number of thiophene rings is 1. The Morgan fingerprint density at radius 1 is 0.331 bits per heavy atom. The number of aromatic nitrogens is 5. The minimum absolute atomic E-state index is 0. The number of aryl methyl sites for hydroxylation is 9. The van der Waals surface area contributed by atoms with E-state index < -0.39 is 0 Å². The molecule has 0 fully saturated rings. The van der Waals surface area contributed by atoms with Crippen LogP contribution in [0.1, 0.15) is 139 Å². The van der Waals surface area contributed by atoms with E-state index in [0.29, 0.717) is 5.92 Å². The number of carbonyl (C=O) groups is 5. The van der Waals surface area contributed by atoms with Crippen LogP contribution in [0, 0.1) is 98.6 Å². The number of aliphatic hydroxyl groups is 5. The summed E-state index contributed by atoms with van der Waals surface area (Å²) in [5, 5.41) is 49.1. The van der Waals surface area contributed by atoms with Crippen molar-refractivity contribution >= 4 is 104 Å². The summed E-state index contributed by atoms with van der Waals surface area (Å²) in [5.74, 6) is 0.348. The Kier molecular flexibility index (Phi) is 54.0. The van der Waals surface area contributed by atoms with E-state index >= 15 is 0 Å². The number of allylic oxidation sites excluding steroid dienone is 10. The summed E-state index contributed by atoms with van der Waals surface area (Å²) in [5.41, 5.74) is 26.8. The van der Waals surface area contributed by atoms with Crippen LogP contribution < -0.4 is 0 Å². The van der Waals surface area contributed by atoms with Crippen LogP contribution in [-0.2, 0) is 131 Å².